The molecule has 8 nitrogen and oxygen atoms in total. The first-order valence-electron chi connectivity index (χ1n) is 10.6. The predicted octanol–water partition coefficient (Wildman–Crippen LogP) is 2.82. The maximum absolute atomic E-state index is 13.3. The van der Waals surface area contributed by atoms with E-state index >= 15 is 0 Å². The molecule has 1 aliphatic heterocycles. The van der Waals surface area contributed by atoms with Gasteiger partial charge in [-0.3, -0.25) is 14.4 Å². The lowest BCUT2D eigenvalue weighted by atomic mass is 10.1. The Morgan fingerprint density at radius 2 is 1.73 bits per heavy atom. The zero-order valence-electron chi connectivity index (χ0n) is 18.6. The predicted molar refractivity (Wildman–Crippen MR) is 124 cm³/mol. The van der Waals surface area contributed by atoms with Gasteiger partial charge >= 0.3 is 0 Å². The Bertz CT molecular complexity index is 1170. The Morgan fingerprint density at radius 3 is 2.33 bits per heavy atom. The Morgan fingerprint density at radius 1 is 1.09 bits per heavy atom. The maximum Gasteiger partial charge on any atom is 0.269 e. The zero-order chi connectivity index (χ0) is 24.3. The third kappa shape index (κ3) is 5.20. The molecule has 1 aliphatic rings. The molecule has 2 aromatic rings. The van der Waals surface area contributed by atoms with Crippen molar-refractivity contribution in [3.8, 4) is 0 Å². The fourth-order valence-corrected chi connectivity index (χ4v) is 5.08. The van der Waals surface area contributed by atoms with Gasteiger partial charge in [0.1, 0.15) is 17.5 Å². The summed E-state index contributed by atoms with van der Waals surface area (Å²) in [5, 5.41) is 3.36. The molecular formula is C23H26ClN3O5S. The summed E-state index contributed by atoms with van der Waals surface area (Å²) < 4.78 is 26.3. The highest BCUT2D eigenvalue weighted by atomic mass is 35.5. The van der Waals surface area contributed by atoms with Gasteiger partial charge in [0.05, 0.1) is 5.56 Å². The third-order valence-electron chi connectivity index (χ3n) is 5.63. The largest absolute Gasteiger partial charge is 0.352 e. The van der Waals surface area contributed by atoms with Gasteiger partial charge in [0.15, 0.2) is 0 Å². The lowest BCUT2D eigenvalue weighted by Crippen LogP contribution is -2.52. The number of carbonyl (C=O) groups is 3. The number of sulfonamides is 1. The van der Waals surface area contributed by atoms with Gasteiger partial charge in [-0.25, -0.2) is 12.7 Å². The second-order valence-electron chi connectivity index (χ2n) is 7.95. The van der Waals surface area contributed by atoms with Gasteiger partial charge in [-0.05, 0) is 50.1 Å². The van der Waals surface area contributed by atoms with Crippen molar-refractivity contribution in [3.63, 3.8) is 0 Å². The van der Waals surface area contributed by atoms with Crippen molar-refractivity contribution >= 4 is 39.3 Å². The number of halogens is 1. The molecule has 2 aromatic carbocycles. The Balaban J connectivity index is 1.88. The second-order valence-corrected chi connectivity index (χ2v) is 10.2. The number of nitrogens with zero attached hydrogens (tertiary/aromatic N) is 2. The first kappa shape index (κ1) is 24.7. The van der Waals surface area contributed by atoms with Crippen molar-refractivity contribution in [2.45, 2.75) is 50.7 Å². The van der Waals surface area contributed by atoms with E-state index in [9.17, 15) is 22.8 Å². The van der Waals surface area contributed by atoms with Gasteiger partial charge in [0.25, 0.3) is 15.9 Å². The average molecular weight is 492 g/mol. The number of benzene rings is 2. The third-order valence-corrected chi connectivity index (χ3v) is 7.66. The number of amides is 3. The average Bonchev–Trinajstić information content (AvgIpc) is 2.98. The van der Waals surface area contributed by atoms with Crippen LogP contribution in [0.2, 0.25) is 5.02 Å². The zero-order valence-corrected chi connectivity index (χ0v) is 20.2. The molecular weight excluding hydrogens is 466 g/mol. The molecule has 0 radical (unpaired) electrons. The molecule has 0 bridgehead atoms. The van der Waals surface area contributed by atoms with Crippen molar-refractivity contribution in [1.29, 1.82) is 0 Å². The van der Waals surface area contributed by atoms with Gasteiger partial charge in [-0.1, -0.05) is 42.8 Å². The highest BCUT2D eigenvalue weighted by Crippen LogP contribution is 2.30. The van der Waals surface area contributed by atoms with Crippen LogP contribution in [0.1, 0.15) is 43.1 Å². The molecule has 0 aliphatic carbocycles. The normalized spacial score (nSPS) is 16.1. The van der Waals surface area contributed by atoms with Crippen LogP contribution >= 0.6 is 11.6 Å². The van der Waals surface area contributed by atoms with E-state index in [0.29, 0.717) is 21.3 Å². The van der Waals surface area contributed by atoms with Gasteiger partial charge in [0.2, 0.25) is 11.8 Å². The minimum atomic E-state index is -4.15. The summed E-state index contributed by atoms with van der Waals surface area (Å²) in [5.41, 5.74) is 0.729. The van der Waals surface area contributed by atoms with Gasteiger partial charge in [-0.15, -0.1) is 0 Å². The SMILES string of the molecule is CCC(C)NC(=O)C(C)N(Cc1ccc(Cl)cc1)C(=O)CN1C(=O)c2ccccc2S1(=O)=O. The van der Waals surface area contributed by atoms with E-state index in [1.54, 1.807) is 37.3 Å². The number of hydrogen-bond donors (Lipinski definition) is 1. The minimum Gasteiger partial charge on any atom is -0.352 e. The van der Waals surface area contributed by atoms with E-state index in [0.717, 1.165) is 0 Å². The quantitative estimate of drug-likeness (QED) is 0.611. The van der Waals surface area contributed by atoms with Crippen molar-refractivity contribution in [1.82, 2.24) is 14.5 Å². The van der Waals surface area contributed by atoms with Crippen LogP contribution in [-0.4, -0.2) is 54.0 Å². The minimum absolute atomic E-state index is 0.0251. The van der Waals surface area contributed by atoms with E-state index < -0.39 is 34.4 Å². The lowest BCUT2D eigenvalue weighted by molar-refractivity contribution is -0.140. The summed E-state index contributed by atoms with van der Waals surface area (Å²) in [7, 11) is -4.15. The fraction of sp³-hybridized carbons (Fsp3) is 0.348. The summed E-state index contributed by atoms with van der Waals surface area (Å²) in [4.78, 5) is 40.0. The Kier molecular flexibility index (Phi) is 7.44. The van der Waals surface area contributed by atoms with E-state index in [1.165, 1.54) is 23.1 Å². The number of nitrogens with one attached hydrogen (secondary N) is 1. The van der Waals surface area contributed by atoms with E-state index in [2.05, 4.69) is 5.32 Å². The number of fused-ring (bicyclic) bond motifs is 1. The number of rotatable bonds is 8. The smallest absolute Gasteiger partial charge is 0.269 e. The molecule has 10 heteroatoms. The van der Waals surface area contributed by atoms with E-state index in [4.69, 9.17) is 11.6 Å². The summed E-state index contributed by atoms with van der Waals surface area (Å²) >= 11 is 5.95. The van der Waals surface area contributed by atoms with Crippen LogP contribution < -0.4 is 5.32 Å². The molecule has 3 amide bonds. The molecule has 0 saturated carbocycles. The fourth-order valence-electron chi connectivity index (χ4n) is 3.44. The molecule has 176 valence electrons. The first-order valence-corrected chi connectivity index (χ1v) is 12.4. The van der Waals surface area contributed by atoms with Crippen molar-refractivity contribution in [2.24, 2.45) is 0 Å². The van der Waals surface area contributed by atoms with Gasteiger partial charge in [0, 0.05) is 17.6 Å². The molecule has 1 N–H and O–H groups in total. The molecule has 1 heterocycles. The second kappa shape index (κ2) is 9.93. The van der Waals surface area contributed by atoms with Crippen LogP contribution in [-0.2, 0) is 26.2 Å². The highest BCUT2D eigenvalue weighted by Gasteiger charge is 2.43. The van der Waals surface area contributed by atoms with Crippen LogP contribution in [0.5, 0.6) is 0 Å². The molecule has 3 rings (SSSR count). The first-order chi connectivity index (χ1) is 15.6. The van der Waals surface area contributed by atoms with E-state index in [1.807, 2.05) is 13.8 Å². The molecule has 2 unspecified atom stereocenters. The molecule has 2 atom stereocenters. The Labute approximate surface area is 198 Å². The molecule has 0 saturated heterocycles. The van der Waals surface area contributed by atoms with Gasteiger partial charge in [-0.2, -0.15) is 0 Å². The molecule has 0 aromatic heterocycles. The van der Waals surface area contributed by atoms with Crippen LogP contribution in [0.3, 0.4) is 0 Å². The summed E-state index contributed by atoms with van der Waals surface area (Å²) in [6.45, 7) is 4.68. The highest BCUT2D eigenvalue weighted by molar-refractivity contribution is 7.90. The number of hydrogen-bond acceptors (Lipinski definition) is 5. The van der Waals surface area contributed by atoms with E-state index in [-0.39, 0.29) is 29.0 Å². The van der Waals surface area contributed by atoms with Crippen LogP contribution in [0, 0.1) is 0 Å². The van der Waals surface area contributed by atoms with Crippen molar-refractivity contribution < 1.29 is 22.8 Å². The summed E-state index contributed by atoms with van der Waals surface area (Å²) in [6, 6.07) is 11.6. The Hall–Kier alpha value is -2.91. The topological polar surface area (TPSA) is 104 Å². The van der Waals surface area contributed by atoms with Crippen LogP contribution in [0.25, 0.3) is 0 Å². The van der Waals surface area contributed by atoms with Gasteiger partial charge < -0.3 is 10.2 Å². The summed E-state index contributed by atoms with van der Waals surface area (Å²) in [5.74, 6) is -1.80. The lowest BCUT2D eigenvalue weighted by Gasteiger charge is -2.30. The standard InChI is InChI=1S/C23H26ClN3O5S/c1-4-15(2)25-22(29)16(3)26(13-17-9-11-18(24)12-10-17)21(28)14-27-23(30)19-7-5-6-8-20(19)33(27,31)32/h5-12,15-16H,4,13-14H2,1-3H3,(H,25,29). The monoisotopic (exact) mass is 491 g/mol. The maximum atomic E-state index is 13.3. The molecule has 0 spiro atoms. The van der Waals surface area contributed by atoms with Crippen molar-refractivity contribution in [3.05, 3.63) is 64.7 Å². The van der Waals surface area contributed by atoms with Crippen LogP contribution in [0.15, 0.2) is 53.4 Å². The molecule has 33 heavy (non-hydrogen) atoms. The molecule has 0 fully saturated rings. The van der Waals surface area contributed by atoms with Crippen molar-refractivity contribution in [2.75, 3.05) is 6.54 Å². The summed E-state index contributed by atoms with van der Waals surface area (Å²) in [6.07, 6.45) is 0.711. The van der Waals surface area contributed by atoms with Crippen LogP contribution in [0.4, 0.5) is 0 Å². The number of carbonyl (C=O) groups excluding carboxylic acids is 3.